The highest BCUT2D eigenvalue weighted by molar-refractivity contribution is 5.36. The zero-order valence-corrected chi connectivity index (χ0v) is 9.35. The Balaban J connectivity index is 2.10. The number of hydrogen-bond acceptors (Lipinski definition) is 2. The van der Waals surface area contributed by atoms with Crippen molar-refractivity contribution in [2.24, 2.45) is 0 Å². The van der Waals surface area contributed by atoms with Gasteiger partial charge in [-0.2, -0.15) is 5.10 Å². The van der Waals surface area contributed by atoms with E-state index in [1.165, 1.54) is 11.3 Å². The van der Waals surface area contributed by atoms with E-state index < -0.39 is 0 Å². The molecule has 0 saturated carbocycles. The Morgan fingerprint density at radius 1 is 1.31 bits per heavy atom. The van der Waals surface area contributed by atoms with Crippen molar-refractivity contribution in [1.82, 2.24) is 15.1 Å². The van der Waals surface area contributed by atoms with Crippen LogP contribution in [0.2, 0.25) is 0 Å². The van der Waals surface area contributed by atoms with Gasteiger partial charge in [0.1, 0.15) is 0 Å². The summed E-state index contributed by atoms with van der Waals surface area (Å²) in [7, 11) is 0. The molecule has 0 aliphatic carbocycles. The molecule has 0 fully saturated rings. The van der Waals surface area contributed by atoms with Gasteiger partial charge in [-0.15, -0.1) is 0 Å². The molecule has 1 unspecified atom stereocenters. The number of benzene rings is 1. The van der Waals surface area contributed by atoms with Crippen molar-refractivity contribution in [3.8, 4) is 5.69 Å². The normalized spacial score (nSPS) is 19.4. The van der Waals surface area contributed by atoms with Crippen LogP contribution in [0.25, 0.3) is 5.69 Å². The lowest BCUT2D eigenvalue weighted by Crippen LogP contribution is -2.27. The highest BCUT2D eigenvalue weighted by Gasteiger charge is 2.20. The first-order chi connectivity index (χ1) is 7.86. The third-order valence-electron chi connectivity index (χ3n) is 3.18. The van der Waals surface area contributed by atoms with E-state index in [2.05, 4.69) is 29.5 Å². The summed E-state index contributed by atoms with van der Waals surface area (Å²) in [6, 6.07) is 10.3. The molecule has 0 amide bonds. The van der Waals surface area contributed by atoms with E-state index in [-0.39, 0.29) is 0 Å². The molecule has 1 N–H and O–H groups in total. The molecule has 0 bridgehead atoms. The van der Waals surface area contributed by atoms with Crippen LogP contribution in [0.1, 0.15) is 24.1 Å². The predicted octanol–water partition coefficient (Wildman–Crippen LogP) is 2.08. The maximum atomic E-state index is 4.50. The zero-order chi connectivity index (χ0) is 11.0. The lowest BCUT2D eigenvalue weighted by atomic mass is 9.98. The number of nitrogens with zero attached hydrogens (tertiary/aromatic N) is 2. The van der Waals surface area contributed by atoms with Crippen LogP contribution in [0.3, 0.4) is 0 Å². The van der Waals surface area contributed by atoms with Crippen molar-refractivity contribution in [2.45, 2.75) is 19.4 Å². The molecule has 0 saturated heterocycles. The lowest BCUT2D eigenvalue weighted by molar-refractivity contribution is 0.554. The average molecular weight is 213 g/mol. The van der Waals surface area contributed by atoms with Crippen LogP contribution in [-0.4, -0.2) is 16.3 Å². The monoisotopic (exact) mass is 213 g/mol. The lowest BCUT2D eigenvalue weighted by Gasteiger charge is -2.20. The van der Waals surface area contributed by atoms with Crippen molar-refractivity contribution >= 4 is 0 Å². The fourth-order valence-electron chi connectivity index (χ4n) is 2.28. The van der Waals surface area contributed by atoms with E-state index in [0.29, 0.717) is 5.92 Å². The highest BCUT2D eigenvalue weighted by Crippen LogP contribution is 2.24. The summed E-state index contributed by atoms with van der Waals surface area (Å²) in [6.45, 7) is 4.20. The van der Waals surface area contributed by atoms with Crippen molar-refractivity contribution < 1.29 is 0 Å². The van der Waals surface area contributed by atoms with Gasteiger partial charge in [-0.3, -0.25) is 0 Å². The maximum absolute atomic E-state index is 4.50. The third-order valence-corrected chi connectivity index (χ3v) is 3.18. The molecular weight excluding hydrogens is 198 g/mol. The molecule has 0 radical (unpaired) electrons. The Bertz CT molecular complexity index is 487. The van der Waals surface area contributed by atoms with Crippen LogP contribution < -0.4 is 5.32 Å². The quantitative estimate of drug-likeness (QED) is 0.786. The van der Waals surface area contributed by atoms with Crippen LogP contribution in [-0.2, 0) is 6.54 Å². The Morgan fingerprint density at radius 2 is 2.12 bits per heavy atom. The van der Waals surface area contributed by atoms with Crippen molar-refractivity contribution in [2.75, 3.05) is 6.54 Å². The summed E-state index contributed by atoms with van der Waals surface area (Å²) in [5.41, 5.74) is 3.81. The standard InChI is InChI=1S/C13H15N3/c1-10-7-14-9-13-12(10)8-15-16(13)11-5-3-2-4-6-11/h2-6,8,10,14H,7,9H2,1H3. The Kier molecular flexibility index (Phi) is 2.26. The minimum atomic E-state index is 0.557. The van der Waals surface area contributed by atoms with E-state index in [9.17, 15) is 0 Å². The van der Waals surface area contributed by atoms with E-state index in [0.717, 1.165) is 18.8 Å². The van der Waals surface area contributed by atoms with Crippen LogP contribution in [0.4, 0.5) is 0 Å². The van der Waals surface area contributed by atoms with Gasteiger partial charge in [0, 0.05) is 13.1 Å². The fraction of sp³-hybridized carbons (Fsp3) is 0.308. The SMILES string of the molecule is CC1CNCc2c1cnn2-c1ccccc1. The molecular formula is C13H15N3. The second kappa shape index (κ2) is 3.76. The van der Waals surface area contributed by atoms with Crippen molar-refractivity contribution in [1.29, 1.82) is 0 Å². The van der Waals surface area contributed by atoms with E-state index in [1.807, 2.05) is 29.1 Å². The second-order valence-electron chi connectivity index (χ2n) is 4.33. The third kappa shape index (κ3) is 1.44. The van der Waals surface area contributed by atoms with E-state index in [4.69, 9.17) is 0 Å². The fourth-order valence-corrected chi connectivity index (χ4v) is 2.28. The summed E-state index contributed by atoms with van der Waals surface area (Å²) >= 11 is 0. The molecule has 1 aliphatic heterocycles. The van der Waals surface area contributed by atoms with Crippen molar-refractivity contribution in [3.05, 3.63) is 47.8 Å². The van der Waals surface area contributed by atoms with Crippen LogP contribution in [0.15, 0.2) is 36.5 Å². The summed E-state index contributed by atoms with van der Waals surface area (Å²) in [5.74, 6) is 0.557. The minimum absolute atomic E-state index is 0.557. The zero-order valence-electron chi connectivity index (χ0n) is 9.35. The number of para-hydroxylation sites is 1. The molecule has 3 heteroatoms. The largest absolute Gasteiger partial charge is 0.311 e. The smallest absolute Gasteiger partial charge is 0.0649 e. The van der Waals surface area contributed by atoms with Crippen LogP contribution in [0.5, 0.6) is 0 Å². The number of aromatic nitrogens is 2. The molecule has 2 heterocycles. The Hall–Kier alpha value is -1.61. The van der Waals surface area contributed by atoms with Crippen LogP contribution >= 0.6 is 0 Å². The summed E-state index contributed by atoms with van der Waals surface area (Å²) < 4.78 is 2.04. The summed E-state index contributed by atoms with van der Waals surface area (Å²) in [5, 5.41) is 7.92. The molecule has 16 heavy (non-hydrogen) atoms. The van der Waals surface area contributed by atoms with Gasteiger partial charge in [-0.1, -0.05) is 25.1 Å². The van der Waals surface area contributed by atoms with Gasteiger partial charge in [-0.25, -0.2) is 4.68 Å². The molecule has 1 atom stereocenters. The molecule has 82 valence electrons. The summed E-state index contributed by atoms with van der Waals surface area (Å²) in [6.07, 6.45) is 2.01. The number of hydrogen-bond donors (Lipinski definition) is 1. The maximum Gasteiger partial charge on any atom is 0.0649 e. The molecule has 1 aliphatic rings. The number of nitrogens with one attached hydrogen (secondary N) is 1. The molecule has 3 rings (SSSR count). The average Bonchev–Trinajstić information content (AvgIpc) is 2.75. The topological polar surface area (TPSA) is 29.9 Å². The predicted molar refractivity (Wildman–Crippen MR) is 63.7 cm³/mol. The molecule has 1 aromatic carbocycles. The molecule has 0 spiro atoms. The first kappa shape index (κ1) is 9.60. The van der Waals surface area contributed by atoms with Crippen LogP contribution in [0, 0.1) is 0 Å². The molecule has 2 aromatic rings. The molecule has 1 aromatic heterocycles. The van der Waals surface area contributed by atoms with Gasteiger partial charge in [0.15, 0.2) is 0 Å². The van der Waals surface area contributed by atoms with Gasteiger partial charge in [0.2, 0.25) is 0 Å². The first-order valence-corrected chi connectivity index (χ1v) is 5.69. The van der Waals surface area contributed by atoms with Crippen molar-refractivity contribution in [3.63, 3.8) is 0 Å². The number of rotatable bonds is 1. The first-order valence-electron chi connectivity index (χ1n) is 5.69. The molecule has 3 nitrogen and oxygen atoms in total. The second-order valence-corrected chi connectivity index (χ2v) is 4.33. The van der Waals surface area contributed by atoms with E-state index in [1.54, 1.807) is 0 Å². The highest BCUT2D eigenvalue weighted by atomic mass is 15.3. The Morgan fingerprint density at radius 3 is 2.94 bits per heavy atom. The minimum Gasteiger partial charge on any atom is -0.311 e. The van der Waals surface area contributed by atoms with Gasteiger partial charge < -0.3 is 5.32 Å². The van der Waals surface area contributed by atoms with Gasteiger partial charge >= 0.3 is 0 Å². The Labute approximate surface area is 95.1 Å². The van der Waals surface area contributed by atoms with Gasteiger partial charge in [-0.05, 0) is 23.6 Å². The van der Waals surface area contributed by atoms with Gasteiger partial charge in [0.05, 0.1) is 17.6 Å². The number of fused-ring (bicyclic) bond motifs is 1. The summed E-state index contributed by atoms with van der Waals surface area (Å²) in [4.78, 5) is 0. The van der Waals surface area contributed by atoms with E-state index >= 15 is 0 Å². The van der Waals surface area contributed by atoms with Gasteiger partial charge in [0.25, 0.3) is 0 Å².